The fourth-order valence-corrected chi connectivity index (χ4v) is 1.49. The maximum atomic E-state index is 11.5. The molecule has 2 heteroatoms. The maximum absolute atomic E-state index is 11.5. The normalized spacial score (nSPS) is 12.0. The van der Waals surface area contributed by atoms with E-state index < -0.39 is 0 Å². The molecule has 0 amide bonds. The van der Waals surface area contributed by atoms with Crippen LogP contribution in [-0.2, 0) is 0 Å². The lowest BCUT2D eigenvalue weighted by atomic mass is 10.1. The third kappa shape index (κ3) is 2.83. The Labute approximate surface area is 95.6 Å². The van der Waals surface area contributed by atoms with Gasteiger partial charge in [-0.25, -0.2) is 0 Å². The van der Waals surface area contributed by atoms with E-state index in [1.54, 1.807) is 18.2 Å². The number of aromatic hydroxyl groups is 1. The molecule has 84 valence electrons. The number of hydrogen-bond donors (Lipinski definition) is 1. The second-order valence-electron chi connectivity index (χ2n) is 3.41. The molecular formula is C14H16O2. The van der Waals surface area contributed by atoms with Crippen molar-refractivity contribution < 1.29 is 5.11 Å². The monoisotopic (exact) mass is 216 g/mol. The fraction of sp³-hybridized carbons (Fsp3) is 0.214. The molecule has 1 N–H and O–H groups in total. The van der Waals surface area contributed by atoms with Gasteiger partial charge in [0.2, 0.25) is 5.43 Å². The highest BCUT2D eigenvalue weighted by atomic mass is 16.3. The smallest absolute Gasteiger partial charge is 0.220 e. The van der Waals surface area contributed by atoms with Gasteiger partial charge in [-0.05, 0) is 25.0 Å². The van der Waals surface area contributed by atoms with Gasteiger partial charge in [-0.3, -0.25) is 4.79 Å². The van der Waals surface area contributed by atoms with Crippen LogP contribution in [0.3, 0.4) is 0 Å². The fourth-order valence-electron chi connectivity index (χ4n) is 1.49. The van der Waals surface area contributed by atoms with Crippen LogP contribution in [-0.4, -0.2) is 5.11 Å². The lowest BCUT2D eigenvalue weighted by Crippen LogP contribution is -1.96. The summed E-state index contributed by atoms with van der Waals surface area (Å²) < 4.78 is 0. The van der Waals surface area contributed by atoms with Crippen LogP contribution in [0.2, 0.25) is 0 Å². The van der Waals surface area contributed by atoms with E-state index >= 15 is 0 Å². The van der Waals surface area contributed by atoms with Crippen LogP contribution in [0.25, 0.3) is 5.57 Å². The minimum Gasteiger partial charge on any atom is -0.504 e. The van der Waals surface area contributed by atoms with Crippen LogP contribution in [0.4, 0.5) is 0 Å². The zero-order chi connectivity index (χ0) is 12.0. The molecule has 1 aromatic rings. The first-order valence-electron chi connectivity index (χ1n) is 5.36. The molecule has 0 aromatic heterocycles. The van der Waals surface area contributed by atoms with Gasteiger partial charge in [0.05, 0.1) is 0 Å². The first kappa shape index (κ1) is 12.2. The van der Waals surface area contributed by atoms with E-state index in [4.69, 9.17) is 0 Å². The minimum absolute atomic E-state index is 0.192. The number of rotatable bonds is 3. The zero-order valence-corrected chi connectivity index (χ0v) is 9.60. The summed E-state index contributed by atoms with van der Waals surface area (Å²) in [5.41, 5.74) is 1.09. The first-order valence-corrected chi connectivity index (χ1v) is 5.36. The Morgan fingerprint density at radius 3 is 2.69 bits per heavy atom. The summed E-state index contributed by atoms with van der Waals surface area (Å²) in [6, 6.07) is 6.49. The zero-order valence-electron chi connectivity index (χ0n) is 9.60. The molecule has 0 atom stereocenters. The highest BCUT2D eigenvalue weighted by Crippen LogP contribution is 2.22. The third-order valence-corrected chi connectivity index (χ3v) is 2.19. The van der Waals surface area contributed by atoms with Crippen molar-refractivity contribution in [3.63, 3.8) is 0 Å². The van der Waals surface area contributed by atoms with Crippen molar-refractivity contribution in [3.05, 3.63) is 58.3 Å². The molecule has 0 unspecified atom stereocenters. The summed E-state index contributed by atoms with van der Waals surface area (Å²) >= 11 is 0. The van der Waals surface area contributed by atoms with Crippen LogP contribution in [0.1, 0.15) is 25.8 Å². The minimum atomic E-state index is -0.355. The molecule has 16 heavy (non-hydrogen) atoms. The van der Waals surface area contributed by atoms with Crippen molar-refractivity contribution in [3.8, 4) is 5.75 Å². The topological polar surface area (TPSA) is 37.3 Å². The lowest BCUT2D eigenvalue weighted by molar-refractivity contribution is 0.469. The first-order chi connectivity index (χ1) is 7.70. The van der Waals surface area contributed by atoms with Crippen LogP contribution in [0.15, 0.2) is 47.3 Å². The van der Waals surface area contributed by atoms with E-state index in [-0.39, 0.29) is 11.2 Å². The summed E-state index contributed by atoms with van der Waals surface area (Å²) in [4.78, 5) is 11.5. The van der Waals surface area contributed by atoms with Crippen LogP contribution in [0, 0.1) is 0 Å². The lowest BCUT2D eigenvalue weighted by Gasteiger charge is -2.01. The molecule has 0 heterocycles. The van der Waals surface area contributed by atoms with E-state index in [0.717, 1.165) is 12.0 Å². The van der Waals surface area contributed by atoms with Gasteiger partial charge in [-0.1, -0.05) is 43.4 Å². The van der Waals surface area contributed by atoms with Crippen LogP contribution < -0.4 is 5.43 Å². The van der Waals surface area contributed by atoms with Gasteiger partial charge < -0.3 is 5.11 Å². The Hall–Kier alpha value is -1.83. The van der Waals surface area contributed by atoms with Gasteiger partial charge in [-0.15, -0.1) is 0 Å². The van der Waals surface area contributed by atoms with Crippen molar-refractivity contribution in [1.82, 2.24) is 0 Å². The SMILES string of the molecule is C/C=C\C(=C/CC)c1ccccc(=O)c1O. The van der Waals surface area contributed by atoms with E-state index in [2.05, 4.69) is 0 Å². The Bertz CT molecular complexity index is 470. The highest BCUT2D eigenvalue weighted by Gasteiger charge is 2.05. The van der Waals surface area contributed by atoms with E-state index in [1.165, 1.54) is 6.07 Å². The van der Waals surface area contributed by atoms with E-state index in [9.17, 15) is 9.90 Å². The molecule has 0 radical (unpaired) electrons. The highest BCUT2D eigenvalue weighted by molar-refractivity contribution is 5.77. The maximum Gasteiger partial charge on any atom is 0.220 e. The second kappa shape index (κ2) is 5.91. The molecule has 1 rings (SSSR count). The summed E-state index contributed by atoms with van der Waals surface area (Å²) in [6.45, 7) is 3.92. The molecule has 0 spiro atoms. The van der Waals surface area contributed by atoms with Crippen molar-refractivity contribution in [2.24, 2.45) is 0 Å². The summed E-state index contributed by atoms with van der Waals surface area (Å²) in [7, 11) is 0. The summed E-state index contributed by atoms with van der Waals surface area (Å²) in [5, 5.41) is 9.79. The van der Waals surface area contributed by atoms with E-state index in [0.29, 0.717) is 5.56 Å². The second-order valence-corrected chi connectivity index (χ2v) is 3.41. The average Bonchev–Trinajstić information content (AvgIpc) is 2.42. The Balaban J connectivity index is 3.43. The quantitative estimate of drug-likeness (QED) is 0.788. The standard InChI is InChI=1S/C14H16O2/c1-3-7-11(8-4-2)12-9-5-6-10-13(15)14(12)16/h3,5-10H,4H2,1-2H3,(H,15,16)/b7-3-,11-8+. The average molecular weight is 216 g/mol. The van der Waals surface area contributed by atoms with Gasteiger partial charge in [0, 0.05) is 5.56 Å². The van der Waals surface area contributed by atoms with Crippen LogP contribution >= 0.6 is 0 Å². The number of allylic oxidation sites excluding steroid dienone is 4. The molecule has 0 aliphatic carbocycles. The molecule has 1 aromatic carbocycles. The summed E-state index contributed by atoms with van der Waals surface area (Å²) in [6.07, 6.45) is 6.61. The van der Waals surface area contributed by atoms with Crippen molar-refractivity contribution in [2.75, 3.05) is 0 Å². The van der Waals surface area contributed by atoms with Gasteiger partial charge in [0.15, 0.2) is 5.75 Å². The van der Waals surface area contributed by atoms with Gasteiger partial charge in [-0.2, -0.15) is 0 Å². The molecule has 0 bridgehead atoms. The van der Waals surface area contributed by atoms with Crippen molar-refractivity contribution in [1.29, 1.82) is 0 Å². The molecule has 0 saturated carbocycles. The Morgan fingerprint density at radius 2 is 2.06 bits per heavy atom. The summed E-state index contributed by atoms with van der Waals surface area (Å²) in [5.74, 6) is -0.192. The van der Waals surface area contributed by atoms with Gasteiger partial charge in [0.25, 0.3) is 0 Å². The largest absolute Gasteiger partial charge is 0.504 e. The molecule has 0 saturated heterocycles. The van der Waals surface area contributed by atoms with Crippen molar-refractivity contribution >= 4 is 5.57 Å². The van der Waals surface area contributed by atoms with E-state index in [1.807, 2.05) is 32.1 Å². The predicted octanol–water partition coefficient (Wildman–Crippen LogP) is 3.12. The van der Waals surface area contributed by atoms with Crippen LogP contribution in [0.5, 0.6) is 5.75 Å². The van der Waals surface area contributed by atoms with Gasteiger partial charge in [0.1, 0.15) is 0 Å². The number of hydrogen-bond acceptors (Lipinski definition) is 2. The van der Waals surface area contributed by atoms with Crippen molar-refractivity contribution in [2.45, 2.75) is 20.3 Å². The Morgan fingerprint density at radius 1 is 1.38 bits per heavy atom. The third-order valence-electron chi connectivity index (χ3n) is 2.19. The molecular weight excluding hydrogens is 200 g/mol. The Kier molecular flexibility index (Phi) is 4.52. The molecule has 2 nitrogen and oxygen atoms in total. The molecule has 0 aliphatic heterocycles. The van der Waals surface area contributed by atoms with Gasteiger partial charge >= 0.3 is 0 Å². The molecule has 0 fully saturated rings. The predicted molar refractivity (Wildman–Crippen MR) is 67.5 cm³/mol. The molecule has 0 aliphatic rings.